The van der Waals surface area contributed by atoms with Crippen molar-refractivity contribution >= 4 is 16.7 Å². The Morgan fingerprint density at radius 3 is 2.76 bits per heavy atom. The van der Waals surface area contributed by atoms with Crippen LogP contribution in [0.15, 0.2) is 36.4 Å². The summed E-state index contributed by atoms with van der Waals surface area (Å²) in [5.74, 6) is 0.0145. The number of aryl methyl sites for hydroxylation is 1. The fourth-order valence-electron chi connectivity index (χ4n) is 1.90. The van der Waals surface area contributed by atoms with Gasteiger partial charge < -0.3 is 9.84 Å². The van der Waals surface area contributed by atoms with Gasteiger partial charge in [0.25, 0.3) is 0 Å². The number of hydrogen-bond donors (Lipinski definition) is 1. The van der Waals surface area contributed by atoms with Gasteiger partial charge in [0.05, 0.1) is 7.11 Å². The molecule has 1 N–H and O–H groups in total. The van der Waals surface area contributed by atoms with Crippen molar-refractivity contribution in [1.29, 1.82) is 0 Å². The van der Waals surface area contributed by atoms with Crippen LogP contribution in [-0.4, -0.2) is 18.2 Å². The average molecular weight is 230 g/mol. The molecule has 0 radical (unpaired) electrons. The molecule has 0 bridgehead atoms. The monoisotopic (exact) mass is 230 g/mol. The van der Waals surface area contributed by atoms with E-state index in [2.05, 4.69) is 0 Å². The normalized spacial score (nSPS) is 10.4. The van der Waals surface area contributed by atoms with E-state index in [0.29, 0.717) is 6.42 Å². The molecule has 0 fully saturated rings. The number of carbonyl (C=O) groups is 1. The average Bonchev–Trinajstić information content (AvgIpc) is 2.35. The van der Waals surface area contributed by atoms with Crippen molar-refractivity contribution in [1.82, 2.24) is 0 Å². The van der Waals surface area contributed by atoms with Crippen LogP contribution in [-0.2, 0) is 11.2 Å². The third kappa shape index (κ3) is 2.56. The number of rotatable bonds is 4. The zero-order chi connectivity index (χ0) is 12.3. The van der Waals surface area contributed by atoms with Gasteiger partial charge in [-0.25, -0.2) is 0 Å². The number of carboxylic acids is 1. The van der Waals surface area contributed by atoms with Crippen LogP contribution in [0.5, 0.6) is 5.75 Å². The van der Waals surface area contributed by atoms with E-state index in [4.69, 9.17) is 9.84 Å². The minimum atomic E-state index is -0.780. The second-order valence-corrected chi connectivity index (χ2v) is 3.91. The van der Waals surface area contributed by atoms with E-state index >= 15 is 0 Å². The van der Waals surface area contributed by atoms with Crippen LogP contribution in [0.1, 0.15) is 12.0 Å². The highest BCUT2D eigenvalue weighted by atomic mass is 16.5. The molecule has 88 valence electrons. The van der Waals surface area contributed by atoms with Gasteiger partial charge in [-0.3, -0.25) is 4.79 Å². The molecule has 0 spiro atoms. The van der Waals surface area contributed by atoms with E-state index in [9.17, 15) is 4.79 Å². The highest BCUT2D eigenvalue weighted by Gasteiger charge is 2.05. The quantitative estimate of drug-likeness (QED) is 0.878. The topological polar surface area (TPSA) is 46.5 Å². The van der Waals surface area contributed by atoms with Crippen molar-refractivity contribution in [3.05, 3.63) is 42.0 Å². The zero-order valence-corrected chi connectivity index (χ0v) is 9.64. The Hall–Kier alpha value is -2.03. The minimum Gasteiger partial charge on any atom is -0.496 e. The van der Waals surface area contributed by atoms with Crippen molar-refractivity contribution in [2.75, 3.05) is 7.11 Å². The van der Waals surface area contributed by atoms with Gasteiger partial charge in [-0.2, -0.15) is 0 Å². The van der Waals surface area contributed by atoms with Crippen LogP contribution in [0, 0.1) is 0 Å². The van der Waals surface area contributed by atoms with Crippen LogP contribution < -0.4 is 4.74 Å². The Balaban J connectivity index is 2.41. The Morgan fingerprint density at radius 2 is 2.06 bits per heavy atom. The first-order chi connectivity index (χ1) is 8.20. The molecule has 0 atom stereocenters. The maximum atomic E-state index is 10.6. The molecule has 0 unspecified atom stereocenters. The van der Waals surface area contributed by atoms with E-state index in [1.807, 2.05) is 36.4 Å². The van der Waals surface area contributed by atoms with Gasteiger partial charge in [0, 0.05) is 11.8 Å². The molecule has 3 heteroatoms. The molecular weight excluding hydrogens is 216 g/mol. The lowest BCUT2D eigenvalue weighted by Crippen LogP contribution is -1.98. The van der Waals surface area contributed by atoms with Crippen molar-refractivity contribution < 1.29 is 14.6 Å². The number of ether oxygens (including phenoxy) is 1. The molecule has 0 aliphatic heterocycles. The lowest BCUT2D eigenvalue weighted by Gasteiger charge is -2.08. The molecule has 0 heterocycles. The second-order valence-electron chi connectivity index (χ2n) is 3.91. The fraction of sp³-hybridized carbons (Fsp3) is 0.214. The fourth-order valence-corrected chi connectivity index (χ4v) is 1.90. The Kier molecular flexibility index (Phi) is 3.28. The second kappa shape index (κ2) is 4.87. The molecule has 0 aromatic heterocycles. The van der Waals surface area contributed by atoms with Gasteiger partial charge in [0.15, 0.2) is 0 Å². The van der Waals surface area contributed by atoms with Crippen molar-refractivity contribution in [3.63, 3.8) is 0 Å². The van der Waals surface area contributed by atoms with Crippen molar-refractivity contribution in [2.45, 2.75) is 12.8 Å². The molecule has 0 amide bonds. The van der Waals surface area contributed by atoms with E-state index in [1.165, 1.54) is 0 Å². The molecular formula is C14H14O3. The molecule has 2 aromatic rings. The number of aliphatic carboxylic acids is 1. The maximum Gasteiger partial charge on any atom is 0.303 e. The van der Waals surface area contributed by atoms with Gasteiger partial charge in [-0.15, -0.1) is 0 Å². The number of benzene rings is 2. The summed E-state index contributed by atoms with van der Waals surface area (Å²) in [7, 11) is 1.63. The molecule has 0 saturated carbocycles. The largest absolute Gasteiger partial charge is 0.496 e. The summed E-state index contributed by atoms with van der Waals surface area (Å²) in [6.07, 6.45) is 0.665. The first kappa shape index (κ1) is 11.5. The molecule has 0 aliphatic carbocycles. The van der Waals surface area contributed by atoms with Gasteiger partial charge in [-0.05, 0) is 23.4 Å². The predicted molar refractivity (Wildman–Crippen MR) is 66.5 cm³/mol. The first-order valence-corrected chi connectivity index (χ1v) is 5.48. The van der Waals surface area contributed by atoms with Crippen LogP contribution in [0.25, 0.3) is 10.8 Å². The Labute approximate surface area is 99.6 Å². The third-order valence-corrected chi connectivity index (χ3v) is 2.73. The lowest BCUT2D eigenvalue weighted by atomic mass is 10.0. The van der Waals surface area contributed by atoms with Gasteiger partial charge >= 0.3 is 5.97 Å². The maximum absolute atomic E-state index is 10.6. The molecule has 2 aromatic carbocycles. The summed E-state index contributed by atoms with van der Waals surface area (Å²) in [4.78, 5) is 10.6. The minimum absolute atomic E-state index is 0.140. The van der Waals surface area contributed by atoms with Crippen molar-refractivity contribution in [3.8, 4) is 5.75 Å². The van der Waals surface area contributed by atoms with Gasteiger partial charge in [0.1, 0.15) is 5.75 Å². The highest BCUT2D eigenvalue weighted by Crippen LogP contribution is 2.27. The lowest BCUT2D eigenvalue weighted by molar-refractivity contribution is -0.136. The van der Waals surface area contributed by atoms with Crippen LogP contribution in [0.3, 0.4) is 0 Å². The number of fused-ring (bicyclic) bond motifs is 1. The van der Waals surface area contributed by atoms with Crippen LogP contribution in [0.2, 0.25) is 0 Å². The molecule has 3 nitrogen and oxygen atoms in total. The van der Waals surface area contributed by atoms with Crippen LogP contribution in [0.4, 0.5) is 0 Å². The van der Waals surface area contributed by atoms with Gasteiger partial charge in [0.2, 0.25) is 0 Å². The zero-order valence-electron chi connectivity index (χ0n) is 9.64. The van der Waals surface area contributed by atoms with Crippen LogP contribution >= 0.6 is 0 Å². The number of carboxylic acid groups (broad SMARTS) is 1. The summed E-state index contributed by atoms with van der Waals surface area (Å²) in [6, 6.07) is 11.8. The summed E-state index contributed by atoms with van der Waals surface area (Å²) in [5, 5.41) is 10.8. The Bertz CT molecular complexity index is 546. The standard InChI is InChI=1S/C14H14O3/c1-17-13-9-10(6-7-14(15)16)8-11-4-2-3-5-12(11)13/h2-5,8-9H,6-7H2,1H3,(H,15,16). The summed E-state index contributed by atoms with van der Waals surface area (Å²) in [5.41, 5.74) is 0.989. The van der Waals surface area contributed by atoms with Gasteiger partial charge in [-0.1, -0.05) is 30.3 Å². The highest BCUT2D eigenvalue weighted by molar-refractivity contribution is 5.89. The smallest absolute Gasteiger partial charge is 0.303 e. The van der Waals surface area contributed by atoms with E-state index in [1.54, 1.807) is 7.11 Å². The summed E-state index contributed by atoms with van der Waals surface area (Å²) < 4.78 is 5.33. The molecule has 17 heavy (non-hydrogen) atoms. The summed E-state index contributed by atoms with van der Waals surface area (Å²) in [6.45, 7) is 0. The third-order valence-electron chi connectivity index (χ3n) is 2.73. The van der Waals surface area contributed by atoms with E-state index < -0.39 is 5.97 Å². The first-order valence-electron chi connectivity index (χ1n) is 5.48. The number of methoxy groups -OCH3 is 1. The number of hydrogen-bond acceptors (Lipinski definition) is 2. The predicted octanol–water partition coefficient (Wildman–Crippen LogP) is 2.87. The molecule has 2 rings (SSSR count). The van der Waals surface area contributed by atoms with Crippen molar-refractivity contribution in [2.24, 2.45) is 0 Å². The molecule has 0 saturated heterocycles. The van der Waals surface area contributed by atoms with E-state index in [0.717, 1.165) is 22.1 Å². The summed E-state index contributed by atoms with van der Waals surface area (Å²) >= 11 is 0. The molecule has 0 aliphatic rings. The SMILES string of the molecule is COc1cc(CCC(=O)O)cc2ccccc12. The van der Waals surface area contributed by atoms with E-state index in [-0.39, 0.29) is 6.42 Å². The Morgan fingerprint density at radius 1 is 1.29 bits per heavy atom.